The molecule has 0 radical (unpaired) electrons. The Morgan fingerprint density at radius 1 is 1.61 bits per heavy atom. The predicted molar refractivity (Wildman–Crippen MR) is 72.8 cm³/mol. The van der Waals surface area contributed by atoms with Crippen molar-refractivity contribution in [1.82, 2.24) is 9.97 Å². The van der Waals surface area contributed by atoms with E-state index in [1.165, 1.54) is 6.42 Å². The first-order chi connectivity index (χ1) is 8.65. The molecule has 0 bridgehead atoms. The fourth-order valence-corrected chi connectivity index (χ4v) is 2.70. The summed E-state index contributed by atoms with van der Waals surface area (Å²) in [6.07, 6.45) is 3.07. The zero-order chi connectivity index (χ0) is 13.1. The van der Waals surface area contributed by atoms with Gasteiger partial charge >= 0.3 is 0 Å². The fraction of sp³-hybridized carbons (Fsp3) is 0.692. The van der Waals surface area contributed by atoms with Crippen LogP contribution in [0.2, 0.25) is 0 Å². The van der Waals surface area contributed by atoms with Crippen LogP contribution in [0, 0.1) is 5.92 Å². The van der Waals surface area contributed by atoms with Gasteiger partial charge in [-0.2, -0.15) is 0 Å². The lowest BCUT2D eigenvalue weighted by Gasteiger charge is -2.40. The molecular formula is C13H22N4O. The van der Waals surface area contributed by atoms with Gasteiger partial charge in [-0.25, -0.2) is 4.98 Å². The summed E-state index contributed by atoms with van der Waals surface area (Å²) in [7, 11) is 0. The minimum absolute atomic E-state index is 0.0779. The molecule has 2 unspecified atom stereocenters. The average Bonchev–Trinajstić information content (AvgIpc) is 2.37. The van der Waals surface area contributed by atoms with Crippen molar-refractivity contribution < 1.29 is 0 Å². The van der Waals surface area contributed by atoms with Crippen molar-refractivity contribution in [1.29, 1.82) is 0 Å². The third-order valence-corrected chi connectivity index (χ3v) is 3.76. The Bertz CT molecular complexity index is 457. The molecule has 0 saturated carbocycles. The average molecular weight is 250 g/mol. The number of hydrogen-bond donors (Lipinski definition) is 2. The summed E-state index contributed by atoms with van der Waals surface area (Å²) in [4.78, 5) is 21.1. The van der Waals surface area contributed by atoms with Gasteiger partial charge in [0, 0.05) is 31.6 Å². The van der Waals surface area contributed by atoms with Crippen LogP contribution in [0.15, 0.2) is 10.9 Å². The van der Waals surface area contributed by atoms with Gasteiger partial charge in [0.05, 0.1) is 0 Å². The second kappa shape index (κ2) is 5.52. The fourth-order valence-electron chi connectivity index (χ4n) is 2.70. The number of rotatable bonds is 3. The van der Waals surface area contributed by atoms with Gasteiger partial charge in [0.25, 0.3) is 5.56 Å². The molecule has 0 amide bonds. The van der Waals surface area contributed by atoms with Crippen molar-refractivity contribution in [3.05, 3.63) is 22.2 Å². The molecule has 3 N–H and O–H groups in total. The molecule has 0 aromatic carbocycles. The zero-order valence-electron chi connectivity index (χ0n) is 11.1. The van der Waals surface area contributed by atoms with Crippen LogP contribution in [0.25, 0.3) is 0 Å². The molecule has 1 saturated heterocycles. The first-order valence-electron chi connectivity index (χ1n) is 6.72. The minimum atomic E-state index is -0.0779. The van der Waals surface area contributed by atoms with Gasteiger partial charge in [-0.1, -0.05) is 13.8 Å². The van der Waals surface area contributed by atoms with Crippen LogP contribution in [0.5, 0.6) is 0 Å². The van der Waals surface area contributed by atoms with Crippen LogP contribution < -0.4 is 16.2 Å². The largest absolute Gasteiger partial charge is 0.352 e. The Morgan fingerprint density at radius 3 is 3.06 bits per heavy atom. The number of hydrogen-bond acceptors (Lipinski definition) is 4. The van der Waals surface area contributed by atoms with Crippen LogP contribution in [-0.4, -0.2) is 29.1 Å². The van der Waals surface area contributed by atoms with E-state index >= 15 is 0 Å². The van der Waals surface area contributed by atoms with Crippen molar-refractivity contribution in [2.24, 2.45) is 11.7 Å². The van der Waals surface area contributed by atoms with Crippen molar-refractivity contribution in [3.8, 4) is 0 Å². The molecule has 1 aliphatic rings. The highest BCUT2D eigenvalue weighted by Gasteiger charge is 2.28. The highest BCUT2D eigenvalue weighted by atomic mass is 16.1. The lowest BCUT2D eigenvalue weighted by atomic mass is 9.91. The van der Waals surface area contributed by atoms with Crippen LogP contribution in [0.3, 0.4) is 0 Å². The van der Waals surface area contributed by atoms with E-state index in [9.17, 15) is 4.79 Å². The molecule has 2 heterocycles. The number of aryl methyl sites for hydroxylation is 1. The number of H-pyrrole nitrogens is 1. The van der Waals surface area contributed by atoms with E-state index in [0.29, 0.717) is 12.5 Å². The summed E-state index contributed by atoms with van der Waals surface area (Å²) in [5.41, 5.74) is 5.80. The van der Waals surface area contributed by atoms with Crippen LogP contribution in [-0.2, 0) is 6.42 Å². The quantitative estimate of drug-likeness (QED) is 0.835. The normalized spacial score (nSPS) is 24.3. The summed E-state index contributed by atoms with van der Waals surface area (Å²) in [6, 6.07) is 1.87. The van der Waals surface area contributed by atoms with Crippen LogP contribution in [0.1, 0.15) is 32.5 Å². The molecule has 2 atom stereocenters. The molecule has 2 rings (SSSR count). The Morgan fingerprint density at radius 2 is 2.39 bits per heavy atom. The van der Waals surface area contributed by atoms with E-state index < -0.39 is 0 Å². The molecule has 5 heteroatoms. The summed E-state index contributed by atoms with van der Waals surface area (Å²) in [5.74, 6) is 2.07. The van der Waals surface area contributed by atoms with E-state index in [0.717, 1.165) is 31.0 Å². The van der Waals surface area contributed by atoms with Crippen molar-refractivity contribution in [3.63, 3.8) is 0 Å². The van der Waals surface area contributed by atoms with E-state index in [1.54, 1.807) is 6.07 Å². The summed E-state index contributed by atoms with van der Waals surface area (Å²) in [5, 5.41) is 0. The third-order valence-electron chi connectivity index (χ3n) is 3.76. The van der Waals surface area contributed by atoms with Gasteiger partial charge in [-0.05, 0) is 18.8 Å². The Balaban J connectivity index is 2.34. The number of anilines is 1. The summed E-state index contributed by atoms with van der Waals surface area (Å²) < 4.78 is 0. The number of nitrogens with zero attached hydrogens (tertiary/aromatic N) is 2. The maximum absolute atomic E-state index is 11.6. The monoisotopic (exact) mass is 250 g/mol. The van der Waals surface area contributed by atoms with Crippen molar-refractivity contribution in [2.45, 2.75) is 39.2 Å². The van der Waals surface area contributed by atoms with Gasteiger partial charge in [0.15, 0.2) is 0 Å². The van der Waals surface area contributed by atoms with E-state index in [2.05, 4.69) is 21.8 Å². The predicted octanol–water partition coefficient (Wildman–Crippen LogP) is 0.896. The second-order valence-corrected chi connectivity index (χ2v) is 5.02. The van der Waals surface area contributed by atoms with Gasteiger partial charge in [-0.15, -0.1) is 0 Å². The number of piperidine rings is 1. The molecule has 5 nitrogen and oxygen atoms in total. The van der Waals surface area contributed by atoms with Gasteiger partial charge in [0.2, 0.25) is 0 Å². The molecular weight excluding hydrogens is 228 g/mol. The van der Waals surface area contributed by atoms with Gasteiger partial charge in [-0.3, -0.25) is 4.79 Å². The van der Waals surface area contributed by atoms with Gasteiger partial charge in [0.1, 0.15) is 11.6 Å². The van der Waals surface area contributed by atoms with Crippen molar-refractivity contribution in [2.75, 3.05) is 18.0 Å². The van der Waals surface area contributed by atoms with E-state index in [-0.39, 0.29) is 11.6 Å². The maximum Gasteiger partial charge on any atom is 0.252 e. The van der Waals surface area contributed by atoms with E-state index in [4.69, 9.17) is 5.73 Å². The number of aromatic nitrogens is 2. The Hall–Kier alpha value is -1.36. The molecule has 0 spiro atoms. The topological polar surface area (TPSA) is 75.0 Å². The third kappa shape index (κ3) is 2.56. The minimum Gasteiger partial charge on any atom is -0.352 e. The van der Waals surface area contributed by atoms with Crippen molar-refractivity contribution >= 4 is 5.82 Å². The lowest BCUT2D eigenvalue weighted by molar-refractivity contribution is 0.347. The standard InChI is InChI=1S/C13H22N4O/c1-3-11-15-12(7-13(18)16-11)17-6-4-5-9(2)10(17)8-14/h7,9-10H,3-6,8,14H2,1-2H3,(H,15,16,18). The molecule has 1 aromatic heterocycles. The molecule has 18 heavy (non-hydrogen) atoms. The molecule has 0 aliphatic carbocycles. The summed E-state index contributed by atoms with van der Waals surface area (Å²) >= 11 is 0. The lowest BCUT2D eigenvalue weighted by Crippen LogP contribution is -2.49. The Labute approximate surface area is 107 Å². The first kappa shape index (κ1) is 13.1. The number of nitrogens with two attached hydrogens (primary N) is 1. The van der Waals surface area contributed by atoms with Crippen LogP contribution >= 0.6 is 0 Å². The number of aromatic amines is 1. The molecule has 1 aliphatic heterocycles. The zero-order valence-corrected chi connectivity index (χ0v) is 11.1. The molecule has 1 aromatic rings. The van der Waals surface area contributed by atoms with Gasteiger partial charge < -0.3 is 15.6 Å². The highest BCUT2D eigenvalue weighted by molar-refractivity contribution is 5.40. The first-order valence-corrected chi connectivity index (χ1v) is 6.72. The van der Waals surface area contributed by atoms with Crippen LogP contribution in [0.4, 0.5) is 5.82 Å². The maximum atomic E-state index is 11.6. The number of nitrogens with one attached hydrogen (secondary N) is 1. The Kier molecular flexibility index (Phi) is 4.01. The summed E-state index contributed by atoms with van der Waals surface area (Å²) in [6.45, 7) is 5.75. The molecule has 1 fully saturated rings. The SMILES string of the molecule is CCc1nc(N2CCCC(C)C2CN)cc(=O)[nH]1. The van der Waals surface area contributed by atoms with E-state index in [1.807, 2.05) is 6.92 Å². The smallest absolute Gasteiger partial charge is 0.252 e. The second-order valence-electron chi connectivity index (χ2n) is 5.02. The molecule has 100 valence electrons. The highest BCUT2D eigenvalue weighted by Crippen LogP contribution is 2.26.